The summed E-state index contributed by atoms with van der Waals surface area (Å²) in [5.41, 5.74) is 5.84. The standard InChI is InChI=1S/C29H50N4O9/c1-29(2,3)42-28(36)25(33-27(35)23-5-7-24(31-4)8-6-23)9-10-26(34)32-12-14-38-16-18-40-20-22-41-21-19-39-17-15-37-13-11-30/h5-8,25,31H,9-22,30H2,1-4H3,(H,32,34)(H,33,35)/t25-/m0/s1. The zero-order chi connectivity index (χ0) is 31.1. The van der Waals surface area contributed by atoms with E-state index in [0.717, 1.165) is 5.69 Å². The molecule has 0 aliphatic rings. The molecule has 1 atom stereocenters. The van der Waals surface area contributed by atoms with E-state index in [1.807, 2.05) is 0 Å². The molecule has 1 aromatic carbocycles. The molecule has 13 nitrogen and oxygen atoms in total. The van der Waals surface area contributed by atoms with Gasteiger partial charge in [0, 0.05) is 37.8 Å². The SMILES string of the molecule is CNc1ccc(C(=O)N[C@@H](CCC(=O)NCCOCCOCCOCCOCCOCCN)C(=O)OC(C)(C)C)cc1. The minimum Gasteiger partial charge on any atom is -0.458 e. The van der Waals surface area contributed by atoms with Crippen LogP contribution < -0.4 is 21.7 Å². The van der Waals surface area contributed by atoms with E-state index < -0.39 is 23.5 Å². The monoisotopic (exact) mass is 598 g/mol. The topological polar surface area (TPSA) is 169 Å². The second-order valence-corrected chi connectivity index (χ2v) is 10.1. The third-order valence-electron chi connectivity index (χ3n) is 5.41. The molecular weight excluding hydrogens is 548 g/mol. The molecule has 13 heteroatoms. The molecule has 0 aromatic heterocycles. The van der Waals surface area contributed by atoms with Gasteiger partial charge < -0.3 is 50.1 Å². The first kappa shape index (κ1) is 37.2. The highest BCUT2D eigenvalue weighted by atomic mass is 16.6. The number of hydrogen-bond acceptors (Lipinski definition) is 11. The Bertz CT molecular complexity index is 879. The predicted octanol–water partition coefficient (Wildman–Crippen LogP) is 1.11. The number of rotatable bonds is 24. The van der Waals surface area contributed by atoms with E-state index in [-0.39, 0.29) is 18.7 Å². The summed E-state index contributed by atoms with van der Waals surface area (Å²) in [6, 6.07) is 5.85. The Hall–Kier alpha value is -2.81. The lowest BCUT2D eigenvalue weighted by molar-refractivity contribution is -0.157. The molecule has 0 bridgehead atoms. The number of ether oxygens (including phenoxy) is 6. The first-order valence-electron chi connectivity index (χ1n) is 14.3. The molecule has 0 aliphatic carbocycles. The van der Waals surface area contributed by atoms with Gasteiger partial charge in [-0.1, -0.05) is 0 Å². The summed E-state index contributed by atoms with van der Waals surface area (Å²) in [5, 5.41) is 8.43. The number of amides is 2. The van der Waals surface area contributed by atoms with Gasteiger partial charge in [-0.15, -0.1) is 0 Å². The van der Waals surface area contributed by atoms with Crippen molar-refractivity contribution in [1.29, 1.82) is 0 Å². The van der Waals surface area contributed by atoms with E-state index in [4.69, 9.17) is 34.2 Å². The second kappa shape index (κ2) is 22.7. The number of nitrogens with one attached hydrogen (secondary N) is 3. The molecule has 0 saturated carbocycles. The van der Waals surface area contributed by atoms with Gasteiger partial charge in [0.05, 0.1) is 66.1 Å². The van der Waals surface area contributed by atoms with E-state index >= 15 is 0 Å². The highest BCUT2D eigenvalue weighted by Gasteiger charge is 2.27. The van der Waals surface area contributed by atoms with Crippen molar-refractivity contribution < 1.29 is 42.8 Å². The highest BCUT2D eigenvalue weighted by molar-refractivity contribution is 5.97. The fraction of sp³-hybridized carbons (Fsp3) is 0.690. The Morgan fingerprint density at radius 1 is 0.786 bits per heavy atom. The van der Waals surface area contributed by atoms with Crippen LogP contribution in [0.3, 0.4) is 0 Å². The number of carbonyl (C=O) groups is 3. The maximum absolute atomic E-state index is 12.7. The van der Waals surface area contributed by atoms with Crippen molar-refractivity contribution in [3.63, 3.8) is 0 Å². The number of anilines is 1. The van der Waals surface area contributed by atoms with Crippen LogP contribution >= 0.6 is 0 Å². The van der Waals surface area contributed by atoms with Crippen LogP contribution in [0.4, 0.5) is 5.69 Å². The van der Waals surface area contributed by atoms with Gasteiger partial charge in [-0.05, 0) is 51.5 Å². The van der Waals surface area contributed by atoms with Gasteiger partial charge in [-0.2, -0.15) is 0 Å². The third kappa shape index (κ3) is 19.3. The van der Waals surface area contributed by atoms with Crippen molar-refractivity contribution in [2.24, 2.45) is 5.73 Å². The molecule has 1 aromatic rings. The zero-order valence-electron chi connectivity index (χ0n) is 25.5. The van der Waals surface area contributed by atoms with Crippen LogP contribution in [0.25, 0.3) is 0 Å². The van der Waals surface area contributed by atoms with E-state index in [2.05, 4.69) is 16.0 Å². The maximum atomic E-state index is 12.7. The Morgan fingerprint density at radius 3 is 1.76 bits per heavy atom. The van der Waals surface area contributed by atoms with Crippen LogP contribution in [0.2, 0.25) is 0 Å². The molecule has 0 saturated heterocycles. The quantitative estimate of drug-likeness (QED) is 0.0993. The Morgan fingerprint density at radius 2 is 1.29 bits per heavy atom. The smallest absolute Gasteiger partial charge is 0.329 e. The normalized spacial score (nSPS) is 12.0. The average molecular weight is 599 g/mol. The van der Waals surface area contributed by atoms with Crippen molar-refractivity contribution in [2.45, 2.75) is 45.3 Å². The summed E-state index contributed by atoms with van der Waals surface area (Å²) in [5.74, 6) is -1.28. The molecule has 2 amide bonds. The third-order valence-corrected chi connectivity index (χ3v) is 5.41. The van der Waals surface area contributed by atoms with Gasteiger partial charge in [-0.25, -0.2) is 4.79 Å². The van der Waals surface area contributed by atoms with Crippen molar-refractivity contribution in [3.05, 3.63) is 29.8 Å². The van der Waals surface area contributed by atoms with E-state index in [0.29, 0.717) is 84.7 Å². The van der Waals surface area contributed by atoms with Gasteiger partial charge in [0.2, 0.25) is 5.91 Å². The fourth-order valence-corrected chi connectivity index (χ4v) is 3.34. The van der Waals surface area contributed by atoms with Crippen LogP contribution in [0.5, 0.6) is 0 Å². The molecule has 0 heterocycles. The molecule has 0 unspecified atom stereocenters. The molecule has 0 aliphatic heterocycles. The fourth-order valence-electron chi connectivity index (χ4n) is 3.34. The largest absolute Gasteiger partial charge is 0.458 e. The van der Waals surface area contributed by atoms with Crippen LogP contribution in [0, 0.1) is 0 Å². The van der Waals surface area contributed by atoms with Crippen molar-refractivity contribution in [1.82, 2.24) is 10.6 Å². The minimum absolute atomic E-state index is 0.0269. The summed E-state index contributed by atoms with van der Waals surface area (Å²) in [4.78, 5) is 37.8. The lowest BCUT2D eigenvalue weighted by Gasteiger charge is -2.24. The van der Waals surface area contributed by atoms with Gasteiger partial charge >= 0.3 is 5.97 Å². The van der Waals surface area contributed by atoms with Crippen LogP contribution in [0.15, 0.2) is 24.3 Å². The van der Waals surface area contributed by atoms with Gasteiger partial charge in [0.25, 0.3) is 5.91 Å². The van der Waals surface area contributed by atoms with E-state index in [1.54, 1.807) is 52.1 Å². The van der Waals surface area contributed by atoms with Crippen molar-refractivity contribution in [2.75, 3.05) is 91.5 Å². The number of benzene rings is 1. The number of carbonyl (C=O) groups excluding carboxylic acids is 3. The van der Waals surface area contributed by atoms with E-state index in [9.17, 15) is 14.4 Å². The molecule has 0 radical (unpaired) electrons. The molecule has 1 rings (SSSR count). The zero-order valence-corrected chi connectivity index (χ0v) is 25.5. The maximum Gasteiger partial charge on any atom is 0.329 e. The number of hydrogen-bond donors (Lipinski definition) is 4. The van der Waals surface area contributed by atoms with Gasteiger partial charge in [-0.3, -0.25) is 9.59 Å². The average Bonchev–Trinajstić information content (AvgIpc) is 2.95. The number of nitrogens with two attached hydrogens (primary N) is 1. The minimum atomic E-state index is -0.975. The predicted molar refractivity (Wildman–Crippen MR) is 158 cm³/mol. The molecule has 5 N–H and O–H groups in total. The summed E-state index contributed by atoms with van der Waals surface area (Å²) in [7, 11) is 1.78. The highest BCUT2D eigenvalue weighted by Crippen LogP contribution is 2.13. The lowest BCUT2D eigenvalue weighted by atomic mass is 10.1. The second-order valence-electron chi connectivity index (χ2n) is 10.1. The molecule has 240 valence electrons. The summed E-state index contributed by atoms with van der Waals surface area (Å²) in [6.07, 6.45) is 0.117. The van der Waals surface area contributed by atoms with E-state index in [1.165, 1.54) is 0 Å². The van der Waals surface area contributed by atoms with Crippen LogP contribution in [0.1, 0.15) is 44.0 Å². The van der Waals surface area contributed by atoms with Gasteiger partial charge in [0.1, 0.15) is 11.6 Å². The first-order chi connectivity index (χ1) is 20.2. The molecule has 0 fully saturated rings. The van der Waals surface area contributed by atoms with Crippen LogP contribution in [-0.2, 0) is 38.0 Å². The summed E-state index contributed by atoms with van der Waals surface area (Å²) >= 11 is 0. The molecule has 42 heavy (non-hydrogen) atoms. The molecule has 0 spiro atoms. The summed E-state index contributed by atoms with van der Waals surface area (Å²) < 4.78 is 32.3. The summed E-state index contributed by atoms with van der Waals surface area (Å²) in [6.45, 7) is 10.6. The Balaban J connectivity index is 2.19. The van der Waals surface area contributed by atoms with Crippen molar-refractivity contribution >= 4 is 23.5 Å². The number of esters is 1. The molecular formula is C29H50N4O9. The van der Waals surface area contributed by atoms with Crippen LogP contribution in [-0.4, -0.2) is 116 Å². The van der Waals surface area contributed by atoms with Crippen molar-refractivity contribution in [3.8, 4) is 0 Å². The first-order valence-corrected chi connectivity index (χ1v) is 14.3. The lowest BCUT2D eigenvalue weighted by Crippen LogP contribution is -2.45. The Labute approximate surface area is 249 Å². The Kier molecular flexibility index (Phi) is 20.2. The van der Waals surface area contributed by atoms with Gasteiger partial charge in [0.15, 0.2) is 0 Å².